The van der Waals surface area contributed by atoms with E-state index < -0.39 is 0 Å². The molecular formula is C25H32N6O. The van der Waals surface area contributed by atoms with Crippen molar-refractivity contribution in [3.8, 4) is 11.1 Å². The molecule has 0 atom stereocenters. The lowest BCUT2D eigenvalue weighted by Crippen LogP contribution is -2.40. The zero-order valence-electron chi connectivity index (χ0n) is 19.0. The molecule has 168 valence electrons. The van der Waals surface area contributed by atoms with Crippen molar-refractivity contribution in [2.45, 2.75) is 37.8 Å². The van der Waals surface area contributed by atoms with Crippen LogP contribution < -0.4 is 15.1 Å². The molecule has 2 aromatic heterocycles. The minimum atomic E-state index is 0.507. The van der Waals surface area contributed by atoms with E-state index in [4.69, 9.17) is 9.72 Å². The van der Waals surface area contributed by atoms with Gasteiger partial charge in [-0.25, -0.2) is 9.97 Å². The van der Waals surface area contributed by atoms with Gasteiger partial charge in [0.2, 0.25) is 0 Å². The largest absolute Gasteiger partial charge is 0.378 e. The second-order valence-corrected chi connectivity index (χ2v) is 8.87. The third-order valence-corrected chi connectivity index (χ3v) is 7.03. The van der Waals surface area contributed by atoms with E-state index >= 15 is 0 Å². The Morgan fingerprint density at radius 2 is 1.81 bits per heavy atom. The molecule has 32 heavy (non-hydrogen) atoms. The van der Waals surface area contributed by atoms with Crippen LogP contribution in [0.3, 0.4) is 0 Å². The first-order valence-electron chi connectivity index (χ1n) is 11.7. The minimum Gasteiger partial charge on any atom is -0.378 e. The fraction of sp³-hybridized carbons (Fsp3) is 0.480. The van der Waals surface area contributed by atoms with Gasteiger partial charge in [0, 0.05) is 49.4 Å². The van der Waals surface area contributed by atoms with Gasteiger partial charge in [-0.1, -0.05) is 6.07 Å². The van der Waals surface area contributed by atoms with Crippen molar-refractivity contribution in [3.63, 3.8) is 0 Å². The lowest BCUT2D eigenvalue weighted by Gasteiger charge is -2.35. The molecule has 1 saturated heterocycles. The first-order chi connectivity index (χ1) is 15.7. The maximum absolute atomic E-state index is 5.50. The number of aromatic nitrogens is 3. The summed E-state index contributed by atoms with van der Waals surface area (Å²) >= 11 is 0. The molecule has 2 aliphatic rings. The van der Waals surface area contributed by atoms with E-state index in [0.29, 0.717) is 12.1 Å². The van der Waals surface area contributed by atoms with E-state index in [2.05, 4.69) is 63.4 Å². The van der Waals surface area contributed by atoms with E-state index in [-0.39, 0.29) is 0 Å². The van der Waals surface area contributed by atoms with Crippen LogP contribution in [0.5, 0.6) is 0 Å². The average molecular weight is 433 g/mol. The Morgan fingerprint density at radius 1 is 1.00 bits per heavy atom. The zero-order valence-corrected chi connectivity index (χ0v) is 19.0. The number of hydrogen-bond acceptors (Lipinski definition) is 7. The van der Waals surface area contributed by atoms with Crippen LogP contribution in [0, 0.1) is 0 Å². The number of morpholine rings is 1. The number of ether oxygens (including phenoxy) is 1. The fourth-order valence-corrected chi connectivity index (χ4v) is 5.01. The first kappa shape index (κ1) is 21.1. The number of anilines is 2. The molecule has 7 heteroatoms. The molecule has 7 nitrogen and oxygen atoms in total. The van der Waals surface area contributed by atoms with Gasteiger partial charge in [0.1, 0.15) is 12.1 Å². The van der Waals surface area contributed by atoms with Gasteiger partial charge in [-0.05, 0) is 56.5 Å². The lowest BCUT2D eigenvalue weighted by molar-refractivity contribution is 0.122. The molecule has 2 fully saturated rings. The van der Waals surface area contributed by atoms with Gasteiger partial charge in [-0.2, -0.15) is 0 Å². The highest BCUT2D eigenvalue weighted by molar-refractivity contribution is 5.93. The summed E-state index contributed by atoms with van der Waals surface area (Å²) in [6.45, 7) is 3.34. The number of benzene rings is 1. The van der Waals surface area contributed by atoms with Gasteiger partial charge in [-0.15, -0.1) is 0 Å². The summed E-state index contributed by atoms with van der Waals surface area (Å²) in [7, 11) is 4.25. The van der Waals surface area contributed by atoms with Crippen molar-refractivity contribution >= 4 is 22.4 Å². The molecule has 0 bridgehead atoms. The minimum absolute atomic E-state index is 0.507. The van der Waals surface area contributed by atoms with Crippen molar-refractivity contribution in [1.29, 1.82) is 0 Å². The van der Waals surface area contributed by atoms with Crippen LogP contribution in [0.2, 0.25) is 0 Å². The predicted molar refractivity (Wildman–Crippen MR) is 129 cm³/mol. The number of rotatable bonds is 5. The first-order valence-corrected chi connectivity index (χ1v) is 11.7. The van der Waals surface area contributed by atoms with Crippen LogP contribution >= 0.6 is 0 Å². The molecule has 1 saturated carbocycles. The summed E-state index contributed by atoms with van der Waals surface area (Å²) in [5.74, 6) is 1.02. The molecule has 5 rings (SSSR count). The van der Waals surface area contributed by atoms with Crippen molar-refractivity contribution in [3.05, 3.63) is 43.0 Å². The average Bonchev–Trinajstić information content (AvgIpc) is 2.88. The van der Waals surface area contributed by atoms with Crippen LogP contribution in [0.25, 0.3) is 22.0 Å². The highest BCUT2D eigenvalue weighted by Gasteiger charge is 2.25. The normalized spacial score (nSPS) is 21.6. The van der Waals surface area contributed by atoms with E-state index in [1.807, 2.05) is 12.4 Å². The Hall–Kier alpha value is -2.77. The molecule has 1 aliphatic carbocycles. The zero-order chi connectivity index (χ0) is 21.9. The molecule has 1 N–H and O–H groups in total. The lowest BCUT2D eigenvalue weighted by atomic mass is 9.90. The van der Waals surface area contributed by atoms with Gasteiger partial charge in [0.15, 0.2) is 0 Å². The molecular weight excluding hydrogens is 400 g/mol. The molecule has 1 aliphatic heterocycles. The molecule has 0 radical (unpaired) electrons. The van der Waals surface area contributed by atoms with Gasteiger partial charge < -0.3 is 19.9 Å². The van der Waals surface area contributed by atoms with Crippen LogP contribution in [-0.2, 0) is 4.74 Å². The van der Waals surface area contributed by atoms with Crippen molar-refractivity contribution < 1.29 is 4.74 Å². The van der Waals surface area contributed by atoms with Crippen LogP contribution in [-0.4, -0.2) is 67.4 Å². The maximum Gasteiger partial charge on any atom is 0.139 e. The standard InChI is InChI=1S/C25H32N6O/c1-26-20-4-6-21(7-5-20)30(2)25-23-14-18(3-8-24(23)28-17-29-25)19-13-22(16-27-15-19)31-9-11-32-12-10-31/h3,8,13-17,20-21,26H,4-7,9-12H2,1-2H3. The van der Waals surface area contributed by atoms with E-state index in [1.165, 1.54) is 25.7 Å². The Balaban J connectivity index is 1.45. The molecule has 0 spiro atoms. The Morgan fingerprint density at radius 3 is 2.59 bits per heavy atom. The third kappa shape index (κ3) is 4.27. The maximum atomic E-state index is 5.50. The van der Waals surface area contributed by atoms with Crippen molar-refractivity contribution in [2.24, 2.45) is 0 Å². The van der Waals surface area contributed by atoms with Crippen molar-refractivity contribution in [2.75, 3.05) is 50.2 Å². The third-order valence-electron chi connectivity index (χ3n) is 7.03. The topological polar surface area (TPSA) is 66.4 Å². The highest BCUT2D eigenvalue weighted by atomic mass is 16.5. The van der Waals surface area contributed by atoms with Gasteiger partial charge in [-0.3, -0.25) is 4.98 Å². The number of fused-ring (bicyclic) bond motifs is 1. The smallest absolute Gasteiger partial charge is 0.139 e. The summed E-state index contributed by atoms with van der Waals surface area (Å²) in [4.78, 5) is 18.5. The Bertz CT molecular complexity index is 1060. The molecule has 3 heterocycles. The summed E-state index contributed by atoms with van der Waals surface area (Å²) in [6.07, 6.45) is 10.3. The quantitative estimate of drug-likeness (QED) is 0.662. The van der Waals surface area contributed by atoms with E-state index in [0.717, 1.165) is 59.8 Å². The van der Waals surface area contributed by atoms with Gasteiger partial charge in [0.25, 0.3) is 0 Å². The SMILES string of the molecule is CNC1CCC(N(C)c2ncnc3ccc(-c4cncc(N5CCOCC5)c4)cc23)CC1. The molecule has 3 aromatic rings. The van der Waals surface area contributed by atoms with Crippen LogP contribution in [0.1, 0.15) is 25.7 Å². The summed E-state index contributed by atoms with van der Waals surface area (Å²) in [5, 5.41) is 4.52. The summed E-state index contributed by atoms with van der Waals surface area (Å²) in [6, 6.07) is 9.83. The number of nitrogens with zero attached hydrogens (tertiary/aromatic N) is 5. The predicted octanol–water partition coefficient (Wildman–Crippen LogP) is 3.50. The Kier molecular flexibility index (Phi) is 6.19. The number of pyridine rings is 1. The summed E-state index contributed by atoms with van der Waals surface area (Å²) in [5.41, 5.74) is 4.38. The monoisotopic (exact) mass is 432 g/mol. The van der Waals surface area contributed by atoms with Gasteiger partial charge >= 0.3 is 0 Å². The summed E-state index contributed by atoms with van der Waals surface area (Å²) < 4.78 is 5.50. The highest BCUT2D eigenvalue weighted by Crippen LogP contribution is 2.32. The number of nitrogens with one attached hydrogen (secondary N) is 1. The number of hydrogen-bond donors (Lipinski definition) is 1. The van der Waals surface area contributed by atoms with Crippen LogP contribution in [0.4, 0.5) is 11.5 Å². The van der Waals surface area contributed by atoms with E-state index in [1.54, 1.807) is 6.33 Å². The molecule has 0 unspecified atom stereocenters. The molecule has 1 aromatic carbocycles. The second-order valence-electron chi connectivity index (χ2n) is 8.87. The van der Waals surface area contributed by atoms with Gasteiger partial charge in [0.05, 0.1) is 30.6 Å². The van der Waals surface area contributed by atoms with Crippen molar-refractivity contribution in [1.82, 2.24) is 20.3 Å². The van der Waals surface area contributed by atoms with Crippen LogP contribution in [0.15, 0.2) is 43.0 Å². The fourth-order valence-electron chi connectivity index (χ4n) is 5.01. The molecule has 0 amide bonds. The van der Waals surface area contributed by atoms with E-state index in [9.17, 15) is 0 Å². The second kappa shape index (κ2) is 9.38. The Labute approximate surface area is 189 Å².